The first-order chi connectivity index (χ1) is 9.11. The quantitative estimate of drug-likeness (QED) is 0.328. The van der Waals surface area contributed by atoms with Gasteiger partial charge in [0.1, 0.15) is 5.75 Å². The van der Waals surface area contributed by atoms with Crippen LogP contribution in [0.5, 0.6) is 5.75 Å². The molecule has 104 valence electrons. The molecule has 0 bridgehead atoms. The van der Waals surface area contributed by atoms with Gasteiger partial charge in [-0.25, -0.2) is 4.99 Å². The van der Waals surface area contributed by atoms with Gasteiger partial charge in [-0.1, -0.05) is 12.1 Å². The van der Waals surface area contributed by atoms with Crippen molar-refractivity contribution in [3.63, 3.8) is 0 Å². The normalized spacial score (nSPS) is 9.74. The standard InChI is InChI=1S/C13H19N3O3/c1-18-12(17)3-2-8-19-11-6-4-10(5-7-11)9-16-13(14)15/h4-7H,2-3,8-9H2,1H3,(H4,14,15,16). The van der Waals surface area contributed by atoms with Gasteiger partial charge in [-0.2, -0.15) is 0 Å². The summed E-state index contributed by atoms with van der Waals surface area (Å²) in [5, 5.41) is 0. The van der Waals surface area contributed by atoms with E-state index in [1.54, 1.807) is 0 Å². The van der Waals surface area contributed by atoms with Gasteiger partial charge >= 0.3 is 5.97 Å². The minimum atomic E-state index is -0.226. The van der Waals surface area contributed by atoms with Crippen LogP contribution in [0.4, 0.5) is 0 Å². The molecule has 6 heteroatoms. The summed E-state index contributed by atoms with van der Waals surface area (Å²) in [6.45, 7) is 0.924. The number of carbonyl (C=O) groups is 1. The number of benzene rings is 1. The number of carbonyl (C=O) groups excluding carboxylic acids is 1. The van der Waals surface area contributed by atoms with Crippen molar-refractivity contribution in [2.75, 3.05) is 13.7 Å². The van der Waals surface area contributed by atoms with Gasteiger partial charge in [0.25, 0.3) is 0 Å². The van der Waals surface area contributed by atoms with Gasteiger partial charge in [0.2, 0.25) is 0 Å². The Kier molecular flexibility index (Phi) is 6.21. The fourth-order valence-electron chi connectivity index (χ4n) is 1.38. The van der Waals surface area contributed by atoms with Crippen LogP contribution in [0, 0.1) is 0 Å². The number of hydrogen-bond donors (Lipinski definition) is 2. The molecule has 1 rings (SSSR count). The summed E-state index contributed by atoms with van der Waals surface area (Å²) in [5.41, 5.74) is 11.5. The van der Waals surface area contributed by atoms with E-state index >= 15 is 0 Å². The number of guanidine groups is 1. The van der Waals surface area contributed by atoms with Crippen molar-refractivity contribution < 1.29 is 14.3 Å². The summed E-state index contributed by atoms with van der Waals surface area (Å²) in [5.74, 6) is 0.595. The van der Waals surface area contributed by atoms with Crippen molar-refractivity contribution >= 4 is 11.9 Å². The van der Waals surface area contributed by atoms with Crippen LogP contribution in [0.2, 0.25) is 0 Å². The minimum Gasteiger partial charge on any atom is -0.494 e. The molecule has 0 atom stereocenters. The lowest BCUT2D eigenvalue weighted by Gasteiger charge is -2.06. The van der Waals surface area contributed by atoms with Crippen LogP contribution in [-0.4, -0.2) is 25.6 Å². The first-order valence-corrected chi connectivity index (χ1v) is 5.95. The highest BCUT2D eigenvalue weighted by atomic mass is 16.5. The Morgan fingerprint density at radius 1 is 1.26 bits per heavy atom. The smallest absolute Gasteiger partial charge is 0.305 e. The highest BCUT2D eigenvalue weighted by molar-refractivity contribution is 5.75. The first kappa shape index (κ1) is 14.8. The molecular formula is C13H19N3O3. The lowest BCUT2D eigenvalue weighted by molar-refractivity contribution is -0.140. The molecule has 1 aromatic rings. The van der Waals surface area contributed by atoms with Gasteiger partial charge in [0.15, 0.2) is 5.96 Å². The predicted molar refractivity (Wildman–Crippen MR) is 72.7 cm³/mol. The highest BCUT2D eigenvalue weighted by Gasteiger charge is 2.00. The second kappa shape index (κ2) is 7.97. The number of nitrogens with zero attached hydrogens (tertiary/aromatic N) is 1. The molecule has 4 N–H and O–H groups in total. The van der Waals surface area contributed by atoms with Crippen molar-refractivity contribution in [2.24, 2.45) is 16.5 Å². The average molecular weight is 265 g/mol. The van der Waals surface area contributed by atoms with Crippen LogP contribution in [0.1, 0.15) is 18.4 Å². The van der Waals surface area contributed by atoms with E-state index in [0.29, 0.717) is 26.0 Å². The van der Waals surface area contributed by atoms with E-state index in [1.807, 2.05) is 24.3 Å². The van der Waals surface area contributed by atoms with Crippen LogP contribution < -0.4 is 16.2 Å². The maximum absolute atomic E-state index is 10.9. The molecule has 0 aromatic heterocycles. The van der Waals surface area contributed by atoms with E-state index < -0.39 is 0 Å². The zero-order chi connectivity index (χ0) is 14.1. The van der Waals surface area contributed by atoms with Crippen LogP contribution in [-0.2, 0) is 16.1 Å². The molecule has 0 aliphatic heterocycles. The average Bonchev–Trinajstić information content (AvgIpc) is 2.42. The molecule has 19 heavy (non-hydrogen) atoms. The second-order valence-corrected chi connectivity index (χ2v) is 3.91. The Bertz CT molecular complexity index is 425. The first-order valence-electron chi connectivity index (χ1n) is 5.95. The Labute approximate surface area is 112 Å². The van der Waals surface area contributed by atoms with Gasteiger partial charge < -0.3 is 20.9 Å². The number of ether oxygens (including phenoxy) is 2. The van der Waals surface area contributed by atoms with Gasteiger partial charge in [-0.05, 0) is 24.1 Å². The van der Waals surface area contributed by atoms with Gasteiger partial charge in [-0.15, -0.1) is 0 Å². The van der Waals surface area contributed by atoms with Crippen molar-refractivity contribution in [3.05, 3.63) is 29.8 Å². The van der Waals surface area contributed by atoms with Crippen molar-refractivity contribution in [3.8, 4) is 5.75 Å². The summed E-state index contributed by atoms with van der Waals surface area (Å²) in [6, 6.07) is 7.47. The lowest BCUT2D eigenvalue weighted by atomic mass is 10.2. The zero-order valence-electron chi connectivity index (χ0n) is 11.0. The van der Waals surface area contributed by atoms with Crippen molar-refractivity contribution in [2.45, 2.75) is 19.4 Å². The Morgan fingerprint density at radius 2 is 1.95 bits per heavy atom. The van der Waals surface area contributed by atoms with E-state index in [4.69, 9.17) is 16.2 Å². The molecule has 1 aromatic carbocycles. The lowest BCUT2D eigenvalue weighted by Crippen LogP contribution is -2.22. The molecule has 0 aliphatic rings. The van der Waals surface area contributed by atoms with Crippen LogP contribution in [0.3, 0.4) is 0 Å². The predicted octanol–water partition coefficient (Wildman–Crippen LogP) is 0.792. The van der Waals surface area contributed by atoms with E-state index in [9.17, 15) is 4.79 Å². The van der Waals surface area contributed by atoms with Crippen LogP contribution in [0.25, 0.3) is 0 Å². The molecule has 0 saturated carbocycles. The fraction of sp³-hybridized carbons (Fsp3) is 0.385. The number of nitrogens with two attached hydrogens (primary N) is 2. The Hall–Kier alpha value is -2.24. The van der Waals surface area contributed by atoms with Gasteiger partial charge in [0, 0.05) is 6.42 Å². The van der Waals surface area contributed by atoms with Crippen LogP contribution in [0.15, 0.2) is 29.3 Å². The number of esters is 1. The van der Waals surface area contributed by atoms with Crippen LogP contribution >= 0.6 is 0 Å². The molecule has 6 nitrogen and oxygen atoms in total. The summed E-state index contributed by atoms with van der Waals surface area (Å²) in [7, 11) is 1.37. The summed E-state index contributed by atoms with van der Waals surface area (Å²) in [6.07, 6.45) is 0.988. The van der Waals surface area contributed by atoms with E-state index in [0.717, 1.165) is 11.3 Å². The Morgan fingerprint density at radius 3 is 2.53 bits per heavy atom. The molecule has 0 saturated heterocycles. The molecule has 0 unspecified atom stereocenters. The third kappa shape index (κ3) is 6.30. The largest absolute Gasteiger partial charge is 0.494 e. The molecule has 0 spiro atoms. The van der Waals surface area contributed by atoms with E-state index in [-0.39, 0.29) is 11.9 Å². The summed E-state index contributed by atoms with van der Waals surface area (Å²) < 4.78 is 10.0. The van der Waals surface area contributed by atoms with Gasteiger partial charge in [0.05, 0.1) is 20.3 Å². The molecular weight excluding hydrogens is 246 g/mol. The maximum atomic E-state index is 10.9. The summed E-state index contributed by atoms with van der Waals surface area (Å²) >= 11 is 0. The molecule has 0 aliphatic carbocycles. The number of rotatable bonds is 7. The monoisotopic (exact) mass is 265 g/mol. The molecule has 0 amide bonds. The van der Waals surface area contributed by atoms with E-state index in [1.165, 1.54) is 7.11 Å². The minimum absolute atomic E-state index is 0.0723. The SMILES string of the molecule is COC(=O)CCCOc1ccc(CN=C(N)N)cc1. The third-order valence-corrected chi connectivity index (χ3v) is 2.39. The second-order valence-electron chi connectivity index (χ2n) is 3.91. The van der Waals surface area contributed by atoms with Crippen molar-refractivity contribution in [1.82, 2.24) is 0 Å². The zero-order valence-corrected chi connectivity index (χ0v) is 11.0. The number of methoxy groups -OCH3 is 1. The Balaban J connectivity index is 2.32. The molecule has 0 heterocycles. The molecule has 0 radical (unpaired) electrons. The molecule has 0 fully saturated rings. The maximum Gasteiger partial charge on any atom is 0.305 e. The highest BCUT2D eigenvalue weighted by Crippen LogP contribution is 2.13. The fourth-order valence-corrected chi connectivity index (χ4v) is 1.38. The topological polar surface area (TPSA) is 99.9 Å². The van der Waals surface area contributed by atoms with Gasteiger partial charge in [-0.3, -0.25) is 4.79 Å². The third-order valence-electron chi connectivity index (χ3n) is 2.39. The summed E-state index contributed by atoms with van der Waals surface area (Å²) in [4.78, 5) is 14.8. The number of hydrogen-bond acceptors (Lipinski definition) is 4. The van der Waals surface area contributed by atoms with Crippen molar-refractivity contribution in [1.29, 1.82) is 0 Å². The van der Waals surface area contributed by atoms with E-state index in [2.05, 4.69) is 9.73 Å². The number of aliphatic imine (C=N–C) groups is 1.